The van der Waals surface area contributed by atoms with Crippen LogP contribution in [0, 0.1) is 28.6 Å². The fraction of sp³-hybridized carbons (Fsp3) is 0.900. The predicted octanol–water partition coefficient (Wildman–Crippen LogP) is 5.96. The Morgan fingerprint density at radius 1 is 0.914 bits per heavy atom. The first kappa shape index (κ1) is 27.3. The number of Topliss-reactive ketones (excluding diaryl/α,β-unsaturated/α-hetero) is 1. The van der Waals surface area contributed by atoms with E-state index < -0.39 is 22.4 Å². The van der Waals surface area contributed by atoms with Crippen molar-refractivity contribution in [3.05, 3.63) is 12.2 Å². The second-order valence-corrected chi connectivity index (χ2v) is 14.3. The molecule has 5 nitrogen and oxygen atoms in total. The first-order chi connectivity index (χ1) is 16.0. The lowest BCUT2D eigenvalue weighted by atomic mass is 9.57. The maximum Gasteiger partial charge on any atom is 0.188 e. The molecule has 2 aliphatic heterocycles. The van der Waals surface area contributed by atoms with E-state index in [9.17, 15) is 15.0 Å². The number of carbonyl (C=O) groups is 1. The van der Waals surface area contributed by atoms with Crippen LogP contribution in [0.1, 0.15) is 113 Å². The van der Waals surface area contributed by atoms with Crippen LogP contribution in [0.3, 0.4) is 0 Å². The highest BCUT2D eigenvalue weighted by Crippen LogP contribution is 2.56. The van der Waals surface area contributed by atoms with Crippen molar-refractivity contribution < 1.29 is 24.5 Å². The molecule has 5 heteroatoms. The van der Waals surface area contributed by atoms with Crippen LogP contribution in [0.2, 0.25) is 0 Å². The van der Waals surface area contributed by atoms with Gasteiger partial charge in [0.05, 0.1) is 17.3 Å². The lowest BCUT2D eigenvalue weighted by Gasteiger charge is -2.53. The highest BCUT2D eigenvalue weighted by atomic mass is 16.6. The molecule has 8 atom stereocenters. The minimum atomic E-state index is -1.39. The van der Waals surface area contributed by atoms with Gasteiger partial charge >= 0.3 is 0 Å². The van der Waals surface area contributed by atoms with E-state index in [1.54, 1.807) is 0 Å². The average Bonchev–Trinajstić information content (AvgIpc) is 2.88. The maximum atomic E-state index is 12.8. The van der Waals surface area contributed by atoms with Gasteiger partial charge in [0, 0.05) is 23.7 Å². The van der Waals surface area contributed by atoms with E-state index in [0.29, 0.717) is 25.2 Å². The quantitative estimate of drug-likeness (QED) is 0.467. The predicted molar refractivity (Wildman–Crippen MR) is 138 cm³/mol. The molecule has 2 saturated heterocycles. The van der Waals surface area contributed by atoms with E-state index in [1.165, 1.54) is 6.42 Å². The third-order valence-corrected chi connectivity index (χ3v) is 10.7. The van der Waals surface area contributed by atoms with E-state index >= 15 is 0 Å². The van der Waals surface area contributed by atoms with Crippen LogP contribution < -0.4 is 0 Å². The third kappa shape index (κ3) is 4.69. The second-order valence-electron chi connectivity index (χ2n) is 14.3. The molecule has 4 unspecified atom stereocenters. The monoisotopic (exact) mass is 490 g/mol. The molecule has 2 heterocycles. The zero-order valence-corrected chi connectivity index (χ0v) is 23.4. The van der Waals surface area contributed by atoms with E-state index in [2.05, 4.69) is 34.6 Å². The highest BCUT2D eigenvalue weighted by Gasteiger charge is 2.57. The summed E-state index contributed by atoms with van der Waals surface area (Å²) in [5, 5.41) is 23.5. The molecule has 0 aromatic rings. The fourth-order valence-electron chi connectivity index (χ4n) is 8.28. The molecule has 0 bridgehead atoms. The zero-order chi connectivity index (χ0) is 26.1. The molecule has 35 heavy (non-hydrogen) atoms. The molecule has 0 aromatic carbocycles. The summed E-state index contributed by atoms with van der Waals surface area (Å²) in [5.41, 5.74) is -2.37. The molecule has 2 N–H and O–H groups in total. The molecule has 0 radical (unpaired) electrons. The van der Waals surface area contributed by atoms with Gasteiger partial charge in [-0.15, -0.1) is 0 Å². The van der Waals surface area contributed by atoms with E-state index in [1.807, 2.05) is 32.9 Å². The molecular formula is C30H50O5. The molecule has 0 amide bonds. The third-order valence-electron chi connectivity index (χ3n) is 10.7. The van der Waals surface area contributed by atoms with E-state index in [-0.39, 0.29) is 34.7 Å². The Hall–Kier alpha value is -0.750. The summed E-state index contributed by atoms with van der Waals surface area (Å²) < 4.78 is 13.2. The van der Waals surface area contributed by atoms with Gasteiger partial charge < -0.3 is 19.7 Å². The number of rotatable bonds is 2. The number of carbonyl (C=O) groups excluding carboxylic acids is 1. The van der Waals surface area contributed by atoms with Gasteiger partial charge in [-0.05, 0) is 90.0 Å². The van der Waals surface area contributed by atoms with Gasteiger partial charge in [-0.2, -0.15) is 0 Å². The molecular weight excluding hydrogens is 440 g/mol. The number of ether oxygens (including phenoxy) is 2. The van der Waals surface area contributed by atoms with Crippen molar-refractivity contribution >= 4 is 5.78 Å². The van der Waals surface area contributed by atoms with E-state index in [0.717, 1.165) is 32.1 Å². The van der Waals surface area contributed by atoms with Crippen LogP contribution in [0.5, 0.6) is 0 Å². The van der Waals surface area contributed by atoms with Crippen molar-refractivity contribution in [3.63, 3.8) is 0 Å². The smallest absolute Gasteiger partial charge is 0.188 e. The van der Waals surface area contributed by atoms with E-state index in [4.69, 9.17) is 9.47 Å². The molecule has 4 rings (SSSR count). The normalized spacial score (nSPS) is 50.2. The topological polar surface area (TPSA) is 76.0 Å². The summed E-state index contributed by atoms with van der Waals surface area (Å²) >= 11 is 0. The van der Waals surface area contributed by atoms with Crippen LogP contribution in [0.4, 0.5) is 0 Å². The molecule has 2 saturated carbocycles. The molecule has 0 aromatic heterocycles. The average molecular weight is 491 g/mol. The minimum Gasteiger partial charge on any atom is -0.390 e. The Morgan fingerprint density at radius 3 is 2.29 bits per heavy atom. The second kappa shape index (κ2) is 8.64. The van der Waals surface area contributed by atoms with Crippen LogP contribution in [0.25, 0.3) is 0 Å². The first-order valence-electron chi connectivity index (χ1n) is 14.0. The van der Waals surface area contributed by atoms with Crippen LogP contribution >= 0.6 is 0 Å². The molecule has 2 aliphatic carbocycles. The molecule has 0 spiro atoms. The Balaban J connectivity index is 1.67. The van der Waals surface area contributed by atoms with Crippen molar-refractivity contribution in [1.29, 1.82) is 0 Å². The molecule has 4 fully saturated rings. The van der Waals surface area contributed by atoms with Gasteiger partial charge in [0.2, 0.25) is 0 Å². The van der Waals surface area contributed by atoms with Crippen molar-refractivity contribution in [3.8, 4) is 0 Å². The molecule has 4 aliphatic rings. The van der Waals surface area contributed by atoms with Crippen molar-refractivity contribution in [2.45, 2.75) is 142 Å². The molecule has 200 valence electrons. The van der Waals surface area contributed by atoms with Crippen LogP contribution in [0.15, 0.2) is 12.2 Å². The summed E-state index contributed by atoms with van der Waals surface area (Å²) in [4.78, 5) is 12.8. The SMILES string of the molecule is CC1CCC2C(C)(C)CCCC2(C)OC1(O)/C=C/[C@@H]1[C@@]2(C)CCC(=O)C(C)(C)O[C@@H]2CC[C@]1(C)O. The summed E-state index contributed by atoms with van der Waals surface area (Å²) in [5.74, 6) is -1.19. The highest BCUT2D eigenvalue weighted by molar-refractivity contribution is 5.86. The Bertz CT molecular complexity index is 859. The lowest BCUT2D eigenvalue weighted by Crippen LogP contribution is -2.56. The number of ketones is 1. The Labute approximate surface area is 213 Å². The van der Waals surface area contributed by atoms with Crippen LogP contribution in [-0.4, -0.2) is 44.7 Å². The van der Waals surface area contributed by atoms with Gasteiger partial charge in [0.1, 0.15) is 5.60 Å². The van der Waals surface area contributed by atoms with Crippen molar-refractivity contribution in [1.82, 2.24) is 0 Å². The number of hydrogen-bond acceptors (Lipinski definition) is 5. The number of aliphatic hydroxyl groups is 2. The van der Waals surface area contributed by atoms with Gasteiger partial charge in [-0.1, -0.05) is 40.2 Å². The van der Waals surface area contributed by atoms with Crippen molar-refractivity contribution in [2.75, 3.05) is 0 Å². The maximum absolute atomic E-state index is 12.8. The Morgan fingerprint density at radius 2 is 1.60 bits per heavy atom. The minimum absolute atomic E-state index is 0.0555. The standard InChI is InChI=1S/C30H50O5/c1-20-10-11-21-25(2,3)15-9-16-29(21,8)35-30(20,33)19-12-22-27(6)17-13-23(31)26(4,5)34-24(27)14-18-28(22,7)32/h12,19-22,24,32-33H,9-11,13-18H2,1-8H3/b19-12+/t20?,21?,22-,24-,27-,28+,29?,30?/m1/s1. The van der Waals surface area contributed by atoms with Gasteiger partial charge in [0.15, 0.2) is 11.6 Å². The number of fused-ring (bicyclic) bond motifs is 2. The fourth-order valence-corrected chi connectivity index (χ4v) is 8.28. The summed E-state index contributed by atoms with van der Waals surface area (Å²) in [7, 11) is 0. The summed E-state index contributed by atoms with van der Waals surface area (Å²) in [6.07, 6.45) is 11.3. The van der Waals surface area contributed by atoms with Gasteiger partial charge in [0.25, 0.3) is 0 Å². The zero-order valence-electron chi connectivity index (χ0n) is 23.4. The Kier molecular flexibility index (Phi) is 6.74. The van der Waals surface area contributed by atoms with Gasteiger partial charge in [-0.25, -0.2) is 0 Å². The first-order valence-corrected chi connectivity index (χ1v) is 14.0. The lowest BCUT2D eigenvalue weighted by molar-refractivity contribution is -0.275. The summed E-state index contributed by atoms with van der Waals surface area (Å²) in [6.45, 7) is 16.7. The van der Waals surface area contributed by atoms with Crippen molar-refractivity contribution in [2.24, 2.45) is 28.6 Å². The van der Waals surface area contributed by atoms with Crippen LogP contribution in [-0.2, 0) is 14.3 Å². The largest absolute Gasteiger partial charge is 0.390 e. The summed E-state index contributed by atoms with van der Waals surface area (Å²) in [6, 6.07) is 0. The number of hydrogen-bond donors (Lipinski definition) is 2. The van der Waals surface area contributed by atoms with Gasteiger partial charge in [-0.3, -0.25) is 4.79 Å².